The second-order valence-electron chi connectivity index (χ2n) is 5.91. The molecule has 3 nitrogen and oxygen atoms in total. The van der Waals surface area contributed by atoms with E-state index in [9.17, 15) is 9.59 Å². The van der Waals surface area contributed by atoms with E-state index in [4.69, 9.17) is 5.73 Å². The van der Waals surface area contributed by atoms with Crippen LogP contribution in [0.3, 0.4) is 0 Å². The van der Waals surface area contributed by atoms with Crippen molar-refractivity contribution in [1.82, 2.24) is 0 Å². The molecule has 0 fully saturated rings. The molecule has 3 aromatic rings. The molecule has 1 aliphatic carbocycles. The van der Waals surface area contributed by atoms with Gasteiger partial charge in [-0.2, -0.15) is 0 Å². The lowest BCUT2D eigenvalue weighted by Gasteiger charge is -2.06. The number of primary amides is 1. The molecule has 0 saturated heterocycles. The fraction of sp³-hybridized carbons (Fsp3) is 0.0909. The summed E-state index contributed by atoms with van der Waals surface area (Å²) in [5, 5.41) is 4.28. The lowest BCUT2D eigenvalue weighted by atomic mass is 9.98. The summed E-state index contributed by atoms with van der Waals surface area (Å²) in [5.41, 5.74) is 5.83. The van der Waals surface area contributed by atoms with Crippen LogP contribution in [0, 0.1) is 5.92 Å². The van der Waals surface area contributed by atoms with Crippen molar-refractivity contribution in [3.05, 3.63) is 84.5 Å². The fourth-order valence-corrected chi connectivity index (χ4v) is 2.97. The van der Waals surface area contributed by atoms with E-state index in [1.807, 2.05) is 72.8 Å². The molecule has 25 heavy (non-hydrogen) atoms. The Kier molecular flexibility index (Phi) is 5.05. The second-order valence-corrected chi connectivity index (χ2v) is 5.91. The van der Waals surface area contributed by atoms with Crippen LogP contribution < -0.4 is 5.73 Å². The van der Waals surface area contributed by atoms with Gasteiger partial charge in [-0.3, -0.25) is 9.59 Å². The number of aldehydes is 1. The average Bonchev–Trinajstić information content (AvgIpc) is 2.67. The fourth-order valence-electron chi connectivity index (χ4n) is 2.97. The van der Waals surface area contributed by atoms with Crippen molar-refractivity contribution in [1.29, 1.82) is 0 Å². The highest BCUT2D eigenvalue weighted by Crippen LogP contribution is 2.26. The monoisotopic (exact) mass is 329 g/mol. The van der Waals surface area contributed by atoms with Gasteiger partial charge in [-0.15, -0.1) is 0 Å². The van der Waals surface area contributed by atoms with E-state index in [2.05, 4.69) is 6.07 Å². The molecule has 124 valence electrons. The summed E-state index contributed by atoms with van der Waals surface area (Å²) < 4.78 is 0. The van der Waals surface area contributed by atoms with Gasteiger partial charge in [-0.05, 0) is 34.0 Å². The number of amides is 1. The predicted molar refractivity (Wildman–Crippen MR) is 102 cm³/mol. The normalized spacial score (nSPS) is 15.6. The van der Waals surface area contributed by atoms with Gasteiger partial charge in [0.05, 0.1) is 5.92 Å². The summed E-state index contributed by atoms with van der Waals surface area (Å²) in [4.78, 5) is 21.7. The minimum atomic E-state index is -0.240. The van der Waals surface area contributed by atoms with Crippen LogP contribution in [0.1, 0.15) is 16.8 Å². The molecule has 0 aromatic heterocycles. The molecule has 0 heterocycles. The van der Waals surface area contributed by atoms with Crippen molar-refractivity contribution in [2.45, 2.75) is 6.42 Å². The quantitative estimate of drug-likeness (QED) is 0.559. The topological polar surface area (TPSA) is 60.2 Å². The number of benzene rings is 3. The van der Waals surface area contributed by atoms with E-state index in [1.54, 1.807) is 0 Å². The maximum Gasteiger partial charge on any atom is 0.224 e. The highest BCUT2D eigenvalue weighted by atomic mass is 16.1. The first-order valence-corrected chi connectivity index (χ1v) is 8.19. The molecule has 2 N–H and O–H groups in total. The minimum Gasteiger partial charge on any atom is -0.369 e. The summed E-state index contributed by atoms with van der Waals surface area (Å²) in [6.07, 6.45) is 9.23. The van der Waals surface area contributed by atoms with Gasteiger partial charge in [0.25, 0.3) is 0 Å². The third kappa shape index (κ3) is 3.66. The smallest absolute Gasteiger partial charge is 0.224 e. The first-order valence-electron chi connectivity index (χ1n) is 8.19. The molecule has 1 amide bonds. The maximum absolute atomic E-state index is 11.2. The van der Waals surface area contributed by atoms with Gasteiger partial charge in [0.2, 0.25) is 5.91 Å². The average molecular weight is 329 g/mol. The van der Waals surface area contributed by atoms with Crippen LogP contribution >= 0.6 is 0 Å². The lowest BCUT2D eigenvalue weighted by Crippen LogP contribution is -2.21. The molecule has 1 aliphatic rings. The van der Waals surface area contributed by atoms with E-state index in [0.717, 1.165) is 39.8 Å². The number of carbonyl (C=O) groups is 2. The number of allylic oxidation sites excluding steroid dienone is 3. The highest BCUT2D eigenvalue weighted by Gasteiger charge is 2.09. The number of fused-ring (bicyclic) bond motifs is 2. The molecule has 0 aliphatic heterocycles. The van der Waals surface area contributed by atoms with Crippen LogP contribution in [0.2, 0.25) is 0 Å². The Morgan fingerprint density at radius 2 is 1.56 bits per heavy atom. The number of hydrogen-bond donors (Lipinski definition) is 1. The largest absolute Gasteiger partial charge is 0.369 e. The van der Waals surface area contributed by atoms with E-state index in [-0.39, 0.29) is 11.8 Å². The van der Waals surface area contributed by atoms with Crippen molar-refractivity contribution < 1.29 is 9.59 Å². The number of nitrogens with two attached hydrogens (primary N) is 1. The Hall–Kier alpha value is -3.20. The zero-order chi connectivity index (χ0) is 17.6. The van der Waals surface area contributed by atoms with Crippen LogP contribution in [-0.2, 0) is 4.79 Å². The third-order valence-corrected chi connectivity index (χ3v) is 4.28. The summed E-state index contributed by atoms with van der Waals surface area (Å²) in [7, 11) is 0. The standard InChI is InChI=1S/C15H10O.C7H9NO/c16-10-15-13-7-3-1-5-11(13)9-12-6-2-4-8-14(12)15;8-7(9)6-4-2-1-3-5-6/h1-10H;1-4,6H,5H2,(H2,8,9). The van der Waals surface area contributed by atoms with Crippen molar-refractivity contribution >= 4 is 33.7 Å². The Bertz CT molecular complexity index is 932. The highest BCUT2D eigenvalue weighted by molar-refractivity contribution is 6.12. The molecular formula is C22H19NO2. The summed E-state index contributed by atoms with van der Waals surface area (Å²) in [6.45, 7) is 0. The zero-order valence-electron chi connectivity index (χ0n) is 13.8. The second kappa shape index (κ2) is 7.58. The van der Waals surface area contributed by atoms with Crippen molar-refractivity contribution in [2.75, 3.05) is 0 Å². The molecule has 0 saturated carbocycles. The van der Waals surface area contributed by atoms with E-state index in [0.29, 0.717) is 0 Å². The zero-order valence-corrected chi connectivity index (χ0v) is 13.8. The number of hydrogen-bond acceptors (Lipinski definition) is 2. The molecule has 4 rings (SSSR count). The summed E-state index contributed by atoms with van der Waals surface area (Å²) in [5.74, 6) is -0.314. The van der Waals surface area contributed by atoms with Crippen LogP contribution in [0.4, 0.5) is 0 Å². The van der Waals surface area contributed by atoms with Gasteiger partial charge in [0.1, 0.15) is 0 Å². The van der Waals surface area contributed by atoms with Crippen LogP contribution in [-0.4, -0.2) is 12.2 Å². The van der Waals surface area contributed by atoms with E-state index in [1.165, 1.54) is 0 Å². The molecule has 0 bridgehead atoms. The van der Waals surface area contributed by atoms with Crippen LogP contribution in [0.25, 0.3) is 21.5 Å². The van der Waals surface area contributed by atoms with Crippen molar-refractivity contribution in [3.8, 4) is 0 Å². The van der Waals surface area contributed by atoms with Gasteiger partial charge in [-0.1, -0.05) is 72.8 Å². The SMILES string of the molecule is NC(=O)C1C=CC=CC1.O=Cc1c2ccccc2cc2ccccc12. The predicted octanol–water partition coefficient (Wildman–Crippen LogP) is 4.41. The van der Waals surface area contributed by atoms with E-state index >= 15 is 0 Å². The minimum absolute atomic E-state index is 0.0741. The molecular weight excluding hydrogens is 310 g/mol. The third-order valence-electron chi connectivity index (χ3n) is 4.28. The Morgan fingerprint density at radius 1 is 0.960 bits per heavy atom. The number of carbonyl (C=O) groups excluding carboxylic acids is 2. The molecule has 1 atom stereocenters. The Labute approximate surface area is 146 Å². The van der Waals surface area contributed by atoms with Gasteiger partial charge in [0, 0.05) is 5.56 Å². The van der Waals surface area contributed by atoms with E-state index < -0.39 is 0 Å². The Balaban J connectivity index is 0.000000173. The van der Waals surface area contributed by atoms with Gasteiger partial charge >= 0.3 is 0 Å². The van der Waals surface area contributed by atoms with Crippen LogP contribution in [0.5, 0.6) is 0 Å². The molecule has 0 spiro atoms. The molecule has 3 aromatic carbocycles. The molecule has 0 radical (unpaired) electrons. The first-order chi connectivity index (χ1) is 12.2. The van der Waals surface area contributed by atoms with Crippen molar-refractivity contribution in [2.24, 2.45) is 11.7 Å². The van der Waals surface area contributed by atoms with Crippen molar-refractivity contribution in [3.63, 3.8) is 0 Å². The van der Waals surface area contributed by atoms with Crippen LogP contribution in [0.15, 0.2) is 78.9 Å². The molecule has 1 unspecified atom stereocenters. The lowest BCUT2D eigenvalue weighted by molar-refractivity contribution is -0.120. The van der Waals surface area contributed by atoms with Gasteiger partial charge in [0.15, 0.2) is 6.29 Å². The number of rotatable bonds is 2. The maximum atomic E-state index is 11.2. The molecule has 3 heteroatoms. The summed E-state index contributed by atoms with van der Waals surface area (Å²) in [6, 6.07) is 18.1. The Morgan fingerprint density at radius 3 is 2.00 bits per heavy atom. The first kappa shape index (κ1) is 16.7. The van der Waals surface area contributed by atoms with Gasteiger partial charge in [-0.25, -0.2) is 0 Å². The van der Waals surface area contributed by atoms with Gasteiger partial charge < -0.3 is 5.73 Å². The summed E-state index contributed by atoms with van der Waals surface area (Å²) >= 11 is 0.